The number of likely N-dealkylation sites (tertiary alicyclic amines) is 1. The second-order valence-electron chi connectivity index (χ2n) is 5.46. The van der Waals surface area contributed by atoms with Crippen LogP contribution in [0.25, 0.3) is 0 Å². The molecule has 2 rings (SSSR count). The van der Waals surface area contributed by atoms with Crippen molar-refractivity contribution in [2.45, 2.75) is 25.8 Å². The van der Waals surface area contributed by atoms with Gasteiger partial charge in [-0.25, -0.2) is 0 Å². The third-order valence-corrected chi connectivity index (χ3v) is 4.32. The largest absolute Gasteiger partial charge is 0.497 e. The van der Waals surface area contributed by atoms with E-state index >= 15 is 0 Å². The molecule has 0 aromatic heterocycles. The topological polar surface area (TPSA) is 47.7 Å². The van der Waals surface area contributed by atoms with Crippen LogP contribution in [0.1, 0.15) is 31.4 Å². The number of methoxy groups -OCH3 is 2. The summed E-state index contributed by atoms with van der Waals surface area (Å²) in [5, 5.41) is 0. The first-order valence-corrected chi connectivity index (χ1v) is 7.38. The average molecular weight is 278 g/mol. The Balaban J connectivity index is 2.22. The number of benzene rings is 1. The first-order chi connectivity index (χ1) is 9.71. The maximum absolute atomic E-state index is 6.03. The Labute approximate surface area is 121 Å². The number of nitrogens with two attached hydrogens (primary N) is 1. The lowest BCUT2D eigenvalue weighted by Gasteiger charge is -2.27. The number of hydrogen-bond acceptors (Lipinski definition) is 4. The minimum atomic E-state index is 0.246. The van der Waals surface area contributed by atoms with E-state index in [4.69, 9.17) is 15.2 Å². The van der Waals surface area contributed by atoms with E-state index in [9.17, 15) is 0 Å². The zero-order valence-electron chi connectivity index (χ0n) is 12.8. The fourth-order valence-corrected chi connectivity index (χ4v) is 3.00. The van der Waals surface area contributed by atoms with E-state index in [0.717, 1.165) is 30.5 Å². The summed E-state index contributed by atoms with van der Waals surface area (Å²) in [4.78, 5) is 2.49. The van der Waals surface area contributed by atoms with Gasteiger partial charge in [-0.2, -0.15) is 0 Å². The molecule has 1 saturated heterocycles. The van der Waals surface area contributed by atoms with Crippen molar-refractivity contribution in [2.75, 3.05) is 33.9 Å². The zero-order valence-corrected chi connectivity index (χ0v) is 12.8. The van der Waals surface area contributed by atoms with Crippen LogP contribution in [0.5, 0.6) is 11.5 Å². The molecule has 4 heteroatoms. The van der Waals surface area contributed by atoms with E-state index in [0.29, 0.717) is 6.54 Å². The minimum absolute atomic E-state index is 0.246. The van der Waals surface area contributed by atoms with Crippen molar-refractivity contribution >= 4 is 0 Å². The summed E-state index contributed by atoms with van der Waals surface area (Å²) in [6, 6.07) is 6.28. The average Bonchev–Trinajstić information content (AvgIpc) is 2.96. The molecule has 0 saturated carbocycles. The van der Waals surface area contributed by atoms with Crippen molar-refractivity contribution in [3.63, 3.8) is 0 Å². The molecular weight excluding hydrogens is 252 g/mol. The van der Waals surface area contributed by atoms with Gasteiger partial charge in [0.1, 0.15) is 11.5 Å². The van der Waals surface area contributed by atoms with Crippen molar-refractivity contribution in [3.05, 3.63) is 23.8 Å². The molecule has 0 bridgehead atoms. The Bertz CT molecular complexity index is 414. The number of rotatable bonds is 6. The first-order valence-electron chi connectivity index (χ1n) is 7.38. The quantitative estimate of drug-likeness (QED) is 0.868. The predicted molar refractivity (Wildman–Crippen MR) is 81.3 cm³/mol. The molecule has 0 aliphatic carbocycles. The van der Waals surface area contributed by atoms with Crippen molar-refractivity contribution < 1.29 is 9.47 Å². The Hall–Kier alpha value is -1.26. The number of ether oxygens (including phenoxy) is 2. The smallest absolute Gasteiger partial charge is 0.122 e. The maximum Gasteiger partial charge on any atom is 0.122 e. The lowest BCUT2D eigenvalue weighted by atomic mass is 10.0. The van der Waals surface area contributed by atoms with Crippen LogP contribution in [-0.2, 0) is 0 Å². The summed E-state index contributed by atoms with van der Waals surface area (Å²) in [5.74, 6) is 2.45. The summed E-state index contributed by atoms with van der Waals surface area (Å²) in [6.07, 6.45) is 2.52. The summed E-state index contributed by atoms with van der Waals surface area (Å²) >= 11 is 0. The third-order valence-electron chi connectivity index (χ3n) is 4.32. The van der Waals surface area contributed by atoms with Gasteiger partial charge in [-0.15, -0.1) is 0 Å². The molecule has 112 valence electrons. The molecule has 0 amide bonds. The molecule has 2 unspecified atom stereocenters. The van der Waals surface area contributed by atoms with Crippen molar-refractivity contribution in [1.82, 2.24) is 4.90 Å². The molecule has 1 aromatic carbocycles. The van der Waals surface area contributed by atoms with Gasteiger partial charge in [0.2, 0.25) is 0 Å². The van der Waals surface area contributed by atoms with Gasteiger partial charge in [-0.05, 0) is 36.6 Å². The van der Waals surface area contributed by atoms with Crippen molar-refractivity contribution in [2.24, 2.45) is 11.7 Å². The molecule has 4 nitrogen and oxygen atoms in total. The standard InChI is InChI=1S/C16H26N2O2/c1-4-12-5-6-18(11-12)16(10-17)13-7-14(19-2)9-15(8-13)20-3/h7-9,12,16H,4-6,10-11,17H2,1-3H3. The Morgan fingerprint density at radius 3 is 2.35 bits per heavy atom. The van der Waals surface area contributed by atoms with E-state index in [1.807, 2.05) is 6.07 Å². The van der Waals surface area contributed by atoms with Gasteiger partial charge >= 0.3 is 0 Å². The highest BCUT2D eigenvalue weighted by Gasteiger charge is 2.28. The minimum Gasteiger partial charge on any atom is -0.497 e. The lowest BCUT2D eigenvalue weighted by Crippen LogP contribution is -2.32. The van der Waals surface area contributed by atoms with Gasteiger partial charge < -0.3 is 15.2 Å². The summed E-state index contributed by atoms with van der Waals surface area (Å²) < 4.78 is 10.7. The fraction of sp³-hybridized carbons (Fsp3) is 0.625. The molecule has 1 heterocycles. The summed E-state index contributed by atoms with van der Waals surface area (Å²) in [7, 11) is 3.36. The van der Waals surface area contributed by atoms with Crippen LogP contribution in [0.4, 0.5) is 0 Å². The van der Waals surface area contributed by atoms with Gasteiger partial charge in [0.25, 0.3) is 0 Å². The zero-order chi connectivity index (χ0) is 14.5. The number of nitrogens with zero attached hydrogens (tertiary/aromatic N) is 1. The van der Waals surface area contributed by atoms with Gasteiger partial charge in [0.05, 0.1) is 14.2 Å². The van der Waals surface area contributed by atoms with Crippen LogP contribution in [0, 0.1) is 5.92 Å². The van der Waals surface area contributed by atoms with Gasteiger partial charge in [-0.1, -0.05) is 13.3 Å². The molecule has 0 radical (unpaired) electrons. The number of hydrogen-bond donors (Lipinski definition) is 1. The monoisotopic (exact) mass is 278 g/mol. The van der Waals surface area contributed by atoms with Crippen LogP contribution < -0.4 is 15.2 Å². The van der Waals surface area contributed by atoms with Crippen molar-refractivity contribution in [1.29, 1.82) is 0 Å². The van der Waals surface area contributed by atoms with Crippen LogP contribution >= 0.6 is 0 Å². The van der Waals surface area contributed by atoms with E-state index < -0.39 is 0 Å². The summed E-state index contributed by atoms with van der Waals surface area (Å²) in [6.45, 7) is 5.14. The molecular formula is C16H26N2O2. The van der Waals surface area contributed by atoms with Crippen molar-refractivity contribution in [3.8, 4) is 11.5 Å². The van der Waals surface area contributed by atoms with Gasteiger partial charge in [0, 0.05) is 25.2 Å². The highest BCUT2D eigenvalue weighted by molar-refractivity contribution is 5.40. The SMILES string of the molecule is CCC1CCN(C(CN)c2cc(OC)cc(OC)c2)C1. The fourth-order valence-electron chi connectivity index (χ4n) is 3.00. The lowest BCUT2D eigenvalue weighted by molar-refractivity contribution is 0.239. The van der Waals surface area contributed by atoms with Crippen LogP contribution in [0.3, 0.4) is 0 Å². The first kappa shape index (κ1) is 15.1. The highest BCUT2D eigenvalue weighted by Crippen LogP contribution is 2.32. The maximum atomic E-state index is 6.03. The Morgan fingerprint density at radius 1 is 1.25 bits per heavy atom. The Morgan fingerprint density at radius 2 is 1.90 bits per heavy atom. The van der Waals surface area contributed by atoms with Crippen LogP contribution in [0.15, 0.2) is 18.2 Å². The Kier molecular flexibility index (Phi) is 5.26. The van der Waals surface area contributed by atoms with E-state index in [1.54, 1.807) is 14.2 Å². The predicted octanol–water partition coefficient (Wildman–Crippen LogP) is 2.44. The van der Waals surface area contributed by atoms with E-state index in [1.165, 1.54) is 18.4 Å². The van der Waals surface area contributed by atoms with Crippen LogP contribution in [0.2, 0.25) is 0 Å². The molecule has 1 aliphatic heterocycles. The summed E-state index contributed by atoms with van der Waals surface area (Å²) in [5.41, 5.74) is 7.21. The third kappa shape index (κ3) is 3.25. The normalized spacial score (nSPS) is 20.9. The molecule has 0 spiro atoms. The van der Waals surface area contributed by atoms with E-state index in [-0.39, 0.29) is 6.04 Å². The molecule has 2 atom stereocenters. The van der Waals surface area contributed by atoms with Gasteiger partial charge in [0.15, 0.2) is 0 Å². The molecule has 1 aliphatic rings. The molecule has 2 N–H and O–H groups in total. The van der Waals surface area contributed by atoms with Crippen LogP contribution in [-0.4, -0.2) is 38.8 Å². The van der Waals surface area contributed by atoms with Gasteiger partial charge in [-0.3, -0.25) is 4.90 Å². The second-order valence-corrected chi connectivity index (χ2v) is 5.46. The highest BCUT2D eigenvalue weighted by atomic mass is 16.5. The molecule has 1 fully saturated rings. The van der Waals surface area contributed by atoms with E-state index in [2.05, 4.69) is 24.0 Å². The molecule has 1 aromatic rings. The second kappa shape index (κ2) is 6.95. The molecule has 20 heavy (non-hydrogen) atoms.